The first-order valence-corrected chi connectivity index (χ1v) is 12.0. The van der Waals surface area contributed by atoms with Crippen molar-refractivity contribution in [2.45, 2.75) is 113 Å². The molecule has 8 N–H and O–H groups in total. The Balaban J connectivity index is 0.000000211. The number of hydrogen-bond acceptors (Lipinski definition) is 8. The molecule has 0 bridgehead atoms. The maximum Gasteiger partial charge on any atom is 0.470 e. The quantitative estimate of drug-likeness (QED) is 0.266. The third-order valence-corrected chi connectivity index (χ3v) is 6.53. The second-order valence-electron chi connectivity index (χ2n) is 8.35. The summed E-state index contributed by atoms with van der Waals surface area (Å²) in [6.07, 6.45) is 3.22. The minimum absolute atomic E-state index is 0.872. The average molecular weight is 441 g/mol. The number of phosphoric acid groups is 1. The van der Waals surface area contributed by atoms with Crippen LogP contribution in [0.4, 0.5) is 0 Å². The molecule has 3 fully saturated rings. The standard InChI is InChI=1S/C12H23N.C6H13O9P/c1-3-7-11(8-4-1)13-12-9-5-2-6-10-12;7-1-2(8)4(10)6(5(11)3(1)9)15-16(12,13)14/h11-13H,1-10H2;1-11H,(H2,12,13,14)/t;1-,2-,3+,4-,5-,6-/m.0/s1. The van der Waals surface area contributed by atoms with Gasteiger partial charge in [-0.15, -0.1) is 0 Å². The zero-order valence-electron chi connectivity index (χ0n) is 16.6. The number of rotatable bonds is 4. The zero-order valence-corrected chi connectivity index (χ0v) is 17.5. The summed E-state index contributed by atoms with van der Waals surface area (Å²) < 4.78 is 14.5. The fraction of sp³-hybridized carbons (Fsp3) is 1.00. The van der Waals surface area contributed by atoms with Gasteiger partial charge < -0.3 is 40.6 Å². The first-order chi connectivity index (χ1) is 13.6. The Bertz CT molecular complexity index is 489. The molecule has 0 aromatic carbocycles. The van der Waals surface area contributed by atoms with Crippen molar-refractivity contribution in [2.75, 3.05) is 0 Å². The van der Waals surface area contributed by atoms with E-state index in [0.717, 1.165) is 12.1 Å². The normalized spacial score (nSPS) is 37.6. The van der Waals surface area contributed by atoms with Crippen molar-refractivity contribution in [3.8, 4) is 0 Å². The van der Waals surface area contributed by atoms with E-state index in [4.69, 9.17) is 14.9 Å². The molecular formula is C18H36NO9P. The highest BCUT2D eigenvalue weighted by Crippen LogP contribution is 2.41. The van der Waals surface area contributed by atoms with Crippen molar-refractivity contribution in [3.63, 3.8) is 0 Å². The van der Waals surface area contributed by atoms with Gasteiger partial charge in [-0.25, -0.2) is 4.57 Å². The summed E-state index contributed by atoms with van der Waals surface area (Å²) in [6.45, 7) is 0. The molecular weight excluding hydrogens is 405 g/mol. The minimum atomic E-state index is -5.01. The van der Waals surface area contributed by atoms with Crippen molar-refractivity contribution in [2.24, 2.45) is 0 Å². The molecule has 0 unspecified atom stereocenters. The molecule has 3 aliphatic rings. The van der Waals surface area contributed by atoms with Crippen molar-refractivity contribution in [3.05, 3.63) is 0 Å². The van der Waals surface area contributed by atoms with Crippen LogP contribution in [0.5, 0.6) is 0 Å². The summed E-state index contributed by atoms with van der Waals surface area (Å²) >= 11 is 0. The van der Waals surface area contributed by atoms with Crippen LogP contribution >= 0.6 is 7.82 Å². The molecule has 172 valence electrons. The first kappa shape index (κ1) is 25.1. The summed E-state index contributed by atoms with van der Waals surface area (Å²) in [7, 11) is -5.01. The number of aliphatic hydroxyl groups excluding tert-OH is 5. The predicted octanol–water partition coefficient (Wildman–Crippen LogP) is -0.476. The van der Waals surface area contributed by atoms with Crippen LogP contribution in [0.3, 0.4) is 0 Å². The van der Waals surface area contributed by atoms with E-state index < -0.39 is 44.4 Å². The van der Waals surface area contributed by atoms with Gasteiger partial charge in [0.05, 0.1) is 0 Å². The van der Waals surface area contributed by atoms with E-state index in [2.05, 4.69) is 9.84 Å². The van der Waals surface area contributed by atoms with Gasteiger partial charge in [0.1, 0.15) is 36.6 Å². The van der Waals surface area contributed by atoms with Crippen molar-refractivity contribution >= 4 is 7.82 Å². The lowest BCUT2D eigenvalue weighted by Crippen LogP contribution is -2.64. The second-order valence-corrected chi connectivity index (χ2v) is 9.54. The third-order valence-electron chi connectivity index (χ3n) is 6.01. The van der Waals surface area contributed by atoms with E-state index >= 15 is 0 Å². The smallest absolute Gasteiger partial charge is 0.387 e. The van der Waals surface area contributed by atoms with Crippen molar-refractivity contribution < 1.29 is 44.4 Å². The molecule has 29 heavy (non-hydrogen) atoms. The fourth-order valence-electron chi connectivity index (χ4n) is 4.35. The number of aliphatic hydroxyl groups is 5. The molecule has 10 nitrogen and oxygen atoms in total. The molecule has 11 heteroatoms. The Morgan fingerprint density at radius 2 is 0.966 bits per heavy atom. The van der Waals surface area contributed by atoms with E-state index in [1.807, 2.05) is 0 Å². The van der Waals surface area contributed by atoms with Crippen LogP contribution in [0.1, 0.15) is 64.2 Å². The second kappa shape index (κ2) is 11.5. The number of phosphoric ester groups is 1. The monoisotopic (exact) mass is 441 g/mol. The summed E-state index contributed by atoms with van der Waals surface area (Å²) in [6, 6.07) is 1.74. The van der Waals surface area contributed by atoms with Crippen molar-refractivity contribution in [1.29, 1.82) is 0 Å². The Labute approximate surface area is 171 Å². The fourth-order valence-corrected chi connectivity index (χ4v) is 4.92. The maximum atomic E-state index is 10.5. The van der Waals surface area contributed by atoms with Crippen LogP contribution in [0.25, 0.3) is 0 Å². The molecule has 0 spiro atoms. The van der Waals surface area contributed by atoms with Crippen LogP contribution in [0.15, 0.2) is 0 Å². The van der Waals surface area contributed by atoms with Crippen LogP contribution in [0.2, 0.25) is 0 Å². The largest absolute Gasteiger partial charge is 0.470 e. The number of nitrogens with one attached hydrogen (secondary N) is 1. The summed E-state index contributed by atoms with van der Waals surface area (Å²) in [4.78, 5) is 17.0. The molecule has 0 amide bonds. The van der Waals surface area contributed by atoms with E-state index in [1.54, 1.807) is 0 Å². The summed E-state index contributed by atoms with van der Waals surface area (Å²) in [5.41, 5.74) is 0. The molecule has 0 saturated heterocycles. The van der Waals surface area contributed by atoms with E-state index in [9.17, 15) is 25.0 Å². The predicted molar refractivity (Wildman–Crippen MR) is 104 cm³/mol. The molecule has 0 radical (unpaired) electrons. The van der Waals surface area contributed by atoms with E-state index in [1.165, 1.54) is 64.2 Å². The lowest BCUT2D eigenvalue weighted by Gasteiger charge is -2.41. The Morgan fingerprint density at radius 1 is 0.621 bits per heavy atom. The minimum Gasteiger partial charge on any atom is -0.387 e. The molecule has 0 aliphatic heterocycles. The highest BCUT2D eigenvalue weighted by atomic mass is 31.2. The summed E-state index contributed by atoms with van der Waals surface area (Å²) in [5, 5.41) is 50.0. The SMILES string of the molecule is C1CCC(NC2CCCCC2)CC1.O=P(O)(O)O[C@@H]1[C@@H](O)[C@H](O)[C@@H](O)[C@H](O)[C@@H]1O. The lowest BCUT2D eigenvalue weighted by molar-refractivity contribution is -0.219. The van der Waals surface area contributed by atoms with Gasteiger partial charge in [0, 0.05) is 12.1 Å². The van der Waals surface area contributed by atoms with E-state index in [-0.39, 0.29) is 0 Å². The summed E-state index contributed by atoms with van der Waals surface area (Å²) in [5.74, 6) is 0. The molecule has 6 atom stereocenters. The van der Waals surface area contributed by atoms with Gasteiger partial charge in [-0.05, 0) is 25.7 Å². The van der Waals surface area contributed by atoms with Crippen molar-refractivity contribution in [1.82, 2.24) is 5.32 Å². The van der Waals surface area contributed by atoms with Gasteiger partial charge in [0.15, 0.2) is 0 Å². The van der Waals surface area contributed by atoms with Gasteiger partial charge >= 0.3 is 7.82 Å². The van der Waals surface area contributed by atoms with Gasteiger partial charge in [0.25, 0.3) is 0 Å². The first-order valence-electron chi connectivity index (χ1n) is 10.5. The molecule has 3 rings (SSSR count). The van der Waals surface area contributed by atoms with Crippen LogP contribution < -0.4 is 5.32 Å². The number of hydrogen-bond donors (Lipinski definition) is 8. The Hall–Kier alpha value is -0.130. The zero-order chi connectivity index (χ0) is 21.6. The maximum absolute atomic E-state index is 10.5. The van der Waals surface area contributed by atoms with Gasteiger partial charge in [-0.1, -0.05) is 38.5 Å². The molecule has 3 saturated carbocycles. The Morgan fingerprint density at radius 3 is 1.31 bits per heavy atom. The third kappa shape index (κ3) is 7.81. The van der Waals surface area contributed by atoms with Crippen LogP contribution in [-0.2, 0) is 9.09 Å². The molecule has 0 aromatic heterocycles. The highest BCUT2D eigenvalue weighted by Gasteiger charge is 2.50. The molecule has 0 aromatic rings. The van der Waals surface area contributed by atoms with Gasteiger partial charge in [-0.3, -0.25) is 4.52 Å². The van der Waals surface area contributed by atoms with Crippen LogP contribution in [-0.4, -0.2) is 84.0 Å². The molecule has 3 aliphatic carbocycles. The lowest BCUT2D eigenvalue weighted by atomic mass is 9.85. The van der Waals surface area contributed by atoms with Gasteiger partial charge in [-0.2, -0.15) is 0 Å². The average Bonchev–Trinajstić information content (AvgIpc) is 2.70. The van der Waals surface area contributed by atoms with E-state index in [0.29, 0.717) is 0 Å². The highest BCUT2D eigenvalue weighted by molar-refractivity contribution is 7.46. The topological polar surface area (TPSA) is 180 Å². The molecule has 0 heterocycles. The Kier molecular flexibility index (Phi) is 9.95. The van der Waals surface area contributed by atoms with Gasteiger partial charge in [0.2, 0.25) is 0 Å². The van der Waals surface area contributed by atoms with Crippen LogP contribution in [0, 0.1) is 0 Å².